The first kappa shape index (κ1) is 24.5. The molecule has 0 heterocycles. The van der Waals surface area contributed by atoms with Gasteiger partial charge in [-0.15, -0.1) is 0 Å². The van der Waals surface area contributed by atoms with E-state index in [9.17, 15) is 18.5 Å². The Labute approximate surface area is 197 Å². The minimum atomic E-state index is -4.25. The molecule has 0 fully saturated rings. The molecule has 2 aliphatic rings. The summed E-state index contributed by atoms with van der Waals surface area (Å²) in [5, 5.41) is 11.0. The first-order chi connectivity index (χ1) is 16.1. The van der Waals surface area contributed by atoms with Gasteiger partial charge >= 0.3 is 5.71 Å². The number of benzene rings is 2. The molecule has 0 unspecified atom stereocenters. The number of aryl methyl sites for hydroxylation is 1. The van der Waals surface area contributed by atoms with Gasteiger partial charge in [-0.05, 0) is 54.8 Å². The van der Waals surface area contributed by atoms with E-state index in [1.54, 1.807) is 30.4 Å². The predicted molar refractivity (Wildman–Crippen MR) is 131 cm³/mol. The third kappa shape index (κ3) is 5.44. The Morgan fingerprint density at radius 1 is 1.15 bits per heavy atom. The first-order valence-electron chi connectivity index (χ1n) is 10.2. The molecule has 2 aromatic carbocycles. The molecule has 174 valence electrons. The van der Waals surface area contributed by atoms with Crippen LogP contribution < -0.4 is 4.90 Å². The van der Waals surface area contributed by atoms with E-state index in [4.69, 9.17) is 10.1 Å². The number of fused-ring (bicyclic) bond motifs is 1. The fraction of sp³-hybridized carbons (Fsp3) is 0.125. The maximum Gasteiger partial charge on any atom is 0.322 e. The van der Waals surface area contributed by atoms with Crippen molar-refractivity contribution in [1.82, 2.24) is 0 Å². The lowest BCUT2D eigenvalue weighted by atomic mass is 9.90. The summed E-state index contributed by atoms with van der Waals surface area (Å²) in [6, 6.07) is 14.7. The Balaban J connectivity index is 0.000000192. The number of nitro groups is 1. The van der Waals surface area contributed by atoms with Crippen LogP contribution in [-0.4, -0.2) is 35.4 Å². The maximum atomic E-state index is 11.1. The molecule has 0 bridgehead atoms. The van der Waals surface area contributed by atoms with E-state index >= 15 is 0 Å². The molecular formula is C24H22N4O5S. The second kappa shape index (κ2) is 10.2. The van der Waals surface area contributed by atoms with E-state index in [1.807, 2.05) is 55.3 Å². The molecule has 0 atom stereocenters. The number of nitro benzene ring substituents is 1. The van der Waals surface area contributed by atoms with Gasteiger partial charge in [0.1, 0.15) is 5.69 Å². The summed E-state index contributed by atoms with van der Waals surface area (Å²) in [5.74, 6) is 0. The lowest BCUT2D eigenvalue weighted by Crippen LogP contribution is -2.15. The van der Waals surface area contributed by atoms with Gasteiger partial charge in [0, 0.05) is 24.9 Å². The summed E-state index contributed by atoms with van der Waals surface area (Å²) in [6.07, 6.45) is 8.10. The lowest BCUT2D eigenvalue weighted by Gasteiger charge is -2.19. The summed E-state index contributed by atoms with van der Waals surface area (Å²) < 4.78 is 31.3. The van der Waals surface area contributed by atoms with Gasteiger partial charge in [-0.2, -0.15) is 13.2 Å². The zero-order valence-electron chi connectivity index (χ0n) is 18.5. The zero-order chi connectivity index (χ0) is 24.9. The highest BCUT2D eigenvalue weighted by Gasteiger charge is 2.29. The average Bonchev–Trinajstić information content (AvgIpc) is 2.83. The molecule has 0 amide bonds. The molecule has 2 aromatic rings. The highest BCUT2D eigenvalue weighted by molar-refractivity contribution is 7.90. The van der Waals surface area contributed by atoms with E-state index in [0.29, 0.717) is 23.3 Å². The van der Waals surface area contributed by atoms with Crippen LogP contribution in [0.2, 0.25) is 0 Å². The smallest absolute Gasteiger partial charge is 0.322 e. The van der Waals surface area contributed by atoms with Crippen LogP contribution in [0.25, 0.3) is 5.53 Å². The topological polar surface area (TPSA) is 137 Å². The van der Waals surface area contributed by atoms with Gasteiger partial charge in [-0.25, -0.2) is 0 Å². The Bertz CT molecular complexity index is 1400. The minimum absolute atomic E-state index is 0.118. The van der Waals surface area contributed by atoms with Crippen LogP contribution in [0.5, 0.6) is 0 Å². The Hall–Kier alpha value is -4.11. The van der Waals surface area contributed by atoms with Crippen molar-refractivity contribution in [1.29, 1.82) is 0 Å². The summed E-state index contributed by atoms with van der Waals surface area (Å²) in [4.78, 5) is 15.4. The molecule has 0 aliphatic heterocycles. The highest BCUT2D eigenvalue weighted by Crippen LogP contribution is 2.33. The van der Waals surface area contributed by atoms with Gasteiger partial charge in [0.15, 0.2) is 0 Å². The van der Waals surface area contributed by atoms with Crippen LogP contribution >= 0.6 is 0 Å². The van der Waals surface area contributed by atoms with E-state index < -0.39 is 10.1 Å². The molecule has 2 aliphatic carbocycles. The van der Waals surface area contributed by atoms with E-state index in [1.165, 1.54) is 12.2 Å². The summed E-state index contributed by atoms with van der Waals surface area (Å²) in [6.45, 7) is 1.92. The Morgan fingerprint density at radius 2 is 1.85 bits per heavy atom. The van der Waals surface area contributed by atoms with Gasteiger partial charge in [0.05, 0.1) is 15.4 Å². The van der Waals surface area contributed by atoms with Crippen molar-refractivity contribution in [2.24, 2.45) is 0 Å². The Kier molecular flexibility index (Phi) is 7.37. The molecule has 10 heteroatoms. The number of anilines is 2. The zero-order valence-corrected chi connectivity index (χ0v) is 19.3. The number of allylic oxidation sites excluding steroid dienone is 7. The molecular weight excluding hydrogens is 456 g/mol. The van der Waals surface area contributed by atoms with Gasteiger partial charge in [-0.3, -0.25) is 14.7 Å². The molecule has 0 saturated carbocycles. The largest absolute Gasteiger partial charge is 0.361 e. The van der Waals surface area contributed by atoms with Crippen molar-refractivity contribution in [3.05, 3.63) is 116 Å². The van der Waals surface area contributed by atoms with Crippen LogP contribution in [0.4, 0.5) is 17.1 Å². The normalized spacial score (nSPS) is 14.4. The number of nitrogens with zero attached hydrogens (tertiary/aromatic N) is 4. The molecule has 1 N–H and O–H groups in total. The van der Waals surface area contributed by atoms with Crippen molar-refractivity contribution in [2.45, 2.75) is 13.3 Å². The Morgan fingerprint density at radius 3 is 2.47 bits per heavy atom. The SMILES string of the molecule is Cc1ccc([N+](=O)[O-])c(N(C)c2ccccc2)c1.[N-]=[N+]=C1C=CC(S(=O)(=O)O)=C2CC=CC=C12. The summed E-state index contributed by atoms with van der Waals surface area (Å²) >= 11 is 0. The number of hydrogen-bond donors (Lipinski definition) is 1. The van der Waals surface area contributed by atoms with Gasteiger partial charge < -0.3 is 10.4 Å². The molecule has 0 radical (unpaired) electrons. The second-order valence-electron chi connectivity index (χ2n) is 7.49. The number of para-hydroxylation sites is 1. The van der Waals surface area contributed by atoms with Crippen LogP contribution in [0.3, 0.4) is 0 Å². The van der Waals surface area contributed by atoms with Crippen LogP contribution in [0.15, 0.2) is 95.0 Å². The van der Waals surface area contributed by atoms with Crippen molar-refractivity contribution in [3.63, 3.8) is 0 Å². The van der Waals surface area contributed by atoms with Crippen LogP contribution in [0.1, 0.15) is 12.0 Å². The number of rotatable bonds is 4. The van der Waals surface area contributed by atoms with E-state index in [0.717, 1.165) is 11.3 Å². The summed E-state index contributed by atoms with van der Waals surface area (Å²) in [5.41, 5.74) is 12.6. The van der Waals surface area contributed by atoms with Crippen molar-refractivity contribution in [2.75, 3.05) is 11.9 Å². The van der Waals surface area contributed by atoms with Crippen molar-refractivity contribution < 1.29 is 22.7 Å². The van der Waals surface area contributed by atoms with E-state index in [2.05, 4.69) is 4.79 Å². The highest BCUT2D eigenvalue weighted by atomic mass is 32.2. The van der Waals surface area contributed by atoms with E-state index in [-0.39, 0.29) is 21.2 Å². The lowest BCUT2D eigenvalue weighted by molar-refractivity contribution is -0.384. The van der Waals surface area contributed by atoms with Crippen molar-refractivity contribution in [3.8, 4) is 0 Å². The third-order valence-electron chi connectivity index (χ3n) is 5.23. The molecule has 0 aromatic heterocycles. The molecule has 0 saturated heterocycles. The molecule has 9 nitrogen and oxygen atoms in total. The standard InChI is InChI=1S/C14H14N2O2.C10H8N2O3S/c1-11-8-9-13(16(17)18)14(10-11)15(2)12-6-4-3-5-7-12;11-12-9-5-6-10(16(13,14)15)8-4-2-1-3-7(8)9/h3-10H,1-2H3;1-3,5-6H,4H2,(H,13,14,15). The maximum absolute atomic E-state index is 11.1. The third-order valence-corrected chi connectivity index (χ3v) is 6.17. The quantitative estimate of drug-likeness (QED) is 0.217. The minimum Gasteiger partial charge on any atom is -0.361 e. The fourth-order valence-corrected chi connectivity index (χ4v) is 4.30. The second-order valence-corrected chi connectivity index (χ2v) is 8.88. The van der Waals surface area contributed by atoms with Gasteiger partial charge in [0.2, 0.25) is 0 Å². The first-order valence-corrected chi connectivity index (χ1v) is 11.6. The van der Waals surface area contributed by atoms with Gasteiger partial charge in [-0.1, -0.05) is 36.4 Å². The predicted octanol–water partition coefficient (Wildman–Crippen LogP) is 4.93. The summed E-state index contributed by atoms with van der Waals surface area (Å²) in [7, 11) is -2.42. The fourth-order valence-electron chi connectivity index (χ4n) is 3.56. The van der Waals surface area contributed by atoms with Gasteiger partial charge in [0.25, 0.3) is 15.8 Å². The van der Waals surface area contributed by atoms with Crippen molar-refractivity contribution >= 4 is 32.9 Å². The average molecular weight is 479 g/mol. The molecule has 34 heavy (non-hydrogen) atoms. The number of hydrogen-bond acceptors (Lipinski definition) is 5. The monoisotopic (exact) mass is 478 g/mol. The van der Waals surface area contributed by atoms with Crippen LogP contribution in [-0.2, 0) is 10.1 Å². The molecule has 4 rings (SSSR count). The molecule has 0 spiro atoms. The van der Waals surface area contributed by atoms with Crippen LogP contribution in [0, 0.1) is 17.0 Å².